The molecule has 0 bridgehead atoms. The van der Waals surface area contributed by atoms with Crippen LogP contribution in [0.2, 0.25) is 0 Å². The van der Waals surface area contributed by atoms with Crippen molar-refractivity contribution in [2.24, 2.45) is 0 Å². The van der Waals surface area contributed by atoms with E-state index in [1.54, 1.807) is 6.20 Å². The van der Waals surface area contributed by atoms with Crippen molar-refractivity contribution < 1.29 is 0 Å². The molecule has 0 fully saturated rings. The zero-order valence-electron chi connectivity index (χ0n) is 11.3. The van der Waals surface area contributed by atoms with Crippen molar-refractivity contribution in [3.05, 3.63) is 41.7 Å². The third-order valence-electron chi connectivity index (χ3n) is 3.01. The molecule has 3 nitrogen and oxygen atoms in total. The Morgan fingerprint density at radius 2 is 1.89 bits per heavy atom. The molecule has 0 radical (unpaired) electrons. The Kier molecular flexibility index (Phi) is 4.07. The van der Waals surface area contributed by atoms with Crippen LogP contribution >= 0.6 is 12.4 Å². The Balaban J connectivity index is 0.00000162. The van der Waals surface area contributed by atoms with Gasteiger partial charge in [0.2, 0.25) is 0 Å². The Hall–Kier alpha value is -1.48. The molecule has 2 N–H and O–H groups in total. The fourth-order valence-corrected chi connectivity index (χ4v) is 2.05. The summed E-state index contributed by atoms with van der Waals surface area (Å²) in [6.07, 6.45) is 3.70. The standard InChI is InChI=1S/C14H19N3.ClH/c1-10-12(14(2,3)4)8-11(9-13(10)15)17-7-5-6-16-17;/h5-9H,15H2,1-4H3;1H. The first kappa shape index (κ1) is 14.6. The van der Waals surface area contributed by atoms with E-state index in [0.717, 1.165) is 16.9 Å². The molecule has 2 aromatic rings. The van der Waals surface area contributed by atoms with Gasteiger partial charge in [-0.2, -0.15) is 5.10 Å². The lowest BCUT2D eigenvalue weighted by molar-refractivity contribution is 0.585. The third kappa shape index (κ3) is 2.67. The monoisotopic (exact) mass is 265 g/mol. The van der Waals surface area contributed by atoms with Crippen molar-refractivity contribution in [3.8, 4) is 5.69 Å². The lowest BCUT2D eigenvalue weighted by Gasteiger charge is -2.23. The summed E-state index contributed by atoms with van der Waals surface area (Å²) in [4.78, 5) is 0. The molecule has 0 saturated carbocycles. The predicted octanol–water partition coefficient (Wildman–Crippen LogP) is 3.48. The van der Waals surface area contributed by atoms with Gasteiger partial charge in [0.25, 0.3) is 0 Å². The van der Waals surface area contributed by atoms with E-state index in [4.69, 9.17) is 5.73 Å². The van der Waals surface area contributed by atoms with E-state index < -0.39 is 0 Å². The van der Waals surface area contributed by atoms with E-state index in [9.17, 15) is 0 Å². The van der Waals surface area contributed by atoms with Gasteiger partial charge in [0.1, 0.15) is 0 Å². The highest BCUT2D eigenvalue weighted by molar-refractivity contribution is 5.85. The number of hydrogen-bond donors (Lipinski definition) is 1. The molecule has 1 heterocycles. The Morgan fingerprint density at radius 1 is 1.22 bits per heavy atom. The molecule has 1 aromatic heterocycles. The number of benzene rings is 1. The Labute approximate surface area is 114 Å². The van der Waals surface area contributed by atoms with Gasteiger partial charge in [-0.15, -0.1) is 12.4 Å². The summed E-state index contributed by atoms with van der Waals surface area (Å²) in [6, 6.07) is 6.04. The second kappa shape index (κ2) is 5.02. The summed E-state index contributed by atoms with van der Waals surface area (Å²) in [7, 11) is 0. The average Bonchev–Trinajstić information content (AvgIpc) is 2.73. The molecule has 2 rings (SSSR count). The normalized spacial score (nSPS) is 11.1. The van der Waals surface area contributed by atoms with Gasteiger partial charge < -0.3 is 5.73 Å². The zero-order valence-corrected chi connectivity index (χ0v) is 12.1. The molecule has 0 amide bonds. The first-order valence-electron chi connectivity index (χ1n) is 5.80. The summed E-state index contributed by atoms with van der Waals surface area (Å²) >= 11 is 0. The van der Waals surface area contributed by atoms with E-state index >= 15 is 0 Å². The van der Waals surface area contributed by atoms with Crippen LogP contribution in [0.25, 0.3) is 5.69 Å². The number of hydrogen-bond acceptors (Lipinski definition) is 2. The van der Waals surface area contributed by atoms with Crippen molar-refractivity contribution in [2.75, 3.05) is 5.73 Å². The SMILES string of the molecule is Cc1c(N)cc(-n2cccn2)cc1C(C)(C)C.Cl. The molecule has 0 atom stereocenters. The minimum Gasteiger partial charge on any atom is -0.398 e. The van der Waals surface area contributed by atoms with Gasteiger partial charge in [0, 0.05) is 18.1 Å². The minimum atomic E-state index is 0. The lowest BCUT2D eigenvalue weighted by Crippen LogP contribution is -2.15. The number of nitrogen functional groups attached to an aromatic ring is 1. The van der Waals surface area contributed by atoms with Crippen LogP contribution in [-0.4, -0.2) is 9.78 Å². The van der Waals surface area contributed by atoms with Gasteiger partial charge in [0.05, 0.1) is 5.69 Å². The first-order valence-corrected chi connectivity index (χ1v) is 5.80. The second-order valence-corrected chi connectivity index (χ2v) is 5.41. The maximum Gasteiger partial charge on any atom is 0.0669 e. The van der Waals surface area contributed by atoms with E-state index in [1.165, 1.54) is 5.56 Å². The van der Waals surface area contributed by atoms with Crippen LogP contribution in [0, 0.1) is 6.92 Å². The van der Waals surface area contributed by atoms with Crippen LogP contribution in [0.3, 0.4) is 0 Å². The van der Waals surface area contributed by atoms with Crippen LogP contribution < -0.4 is 5.73 Å². The lowest BCUT2D eigenvalue weighted by atomic mass is 9.83. The first-order chi connectivity index (χ1) is 7.89. The average molecular weight is 266 g/mol. The number of anilines is 1. The van der Waals surface area contributed by atoms with Gasteiger partial charge in [-0.25, -0.2) is 4.68 Å². The van der Waals surface area contributed by atoms with Gasteiger partial charge in [-0.05, 0) is 41.7 Å². The van der Waals surface area contributed by atoms with E-state index in [2.05, 4.69) is 38.9 Å². The maximum atomic E-state index is 6.08. The third-order valence-corrected chi connectivity index (χ3v) is 3.01. The summed E-state index contributed by atoms with van der Waals surface area (Å²) in [5.74, 6) is 0. The summed E-state index contributed by atoms with van der Waals surface area (Å²) in [6.45, 7) is 8.66. The number of halogens is 1. The summed E-state index contributed by atoms with van der Waals surface area (Å²) in [5, 5.41) is 4.24. The molecule has 0 saturated heterocycles. The molecular weight excluding hydrogens is 246 g/mol. The zero-order chi connectivity index (χ0) is 12.6. The van der Waals surface area contributed by atoms with Crippen LogP contribution in [0.1, 0.15) is 31.9 Å². The van der Waals surface area contributed by atoms with Crippen LogP contribution in [0.4, 0.5) is 5.69 Å². The molecule has 18 heavy (non-hydrogen) atoms. The van der Waals surface area contributed by atoms with Crippen LogP contribution in [-0.2, 0) is 5.41 Å². The molecule has 0 aliphatic carbocycles. The number of nitrogens with zero attached hydrogens (tertiary/aromatic N) is 2. The van der Waals surface area contributed by atoms with Gasteiger partial charge >= 0.3 is 0 Å². The van der Waals surface area contributed by atoms with Gasteiger partial charge in [-0.3, -0.25) is 0 Å². The van der Waals surface area contributed by atoms with Crippen molar-refractivity contribution in [1.29, 1.82) is 0 Å². The van der Waals surface area contributed by atoms with Crippen molar-refractivity contribution in [3.63, 3.8) is 0 Å². The molecule has 0 spiro atoms. The number of aromatic nitrogens is 2. The molecule has 1 aromatic carbocycles. The smallest absolute Gasteiger partial charge is 0.0669 e. The second-order valence-electron chi connectivity index (χ2n) is 5.41. The highest BCUT2D eigenvalue weighted by Gasteiger charge is 2.18. The minimum absolute atomic E-state index is 0. The quantitative estimate of drug-likeness (QED) is 0.803. The van der Waals surface area contributed by atoms with Gasteiger partial charge in [0.15, 0.2) is 0 Å². The van der Waals surface area contributed by atoms with Crippen LogP contribution in [0.15, 0.2) is 30.6 Å². The van der Waals surface area contributed by atoms with E-state index in [1.807, 2.05) is 23.0 Å². The molecule has 98 valence electrons. The summed E-state index contributed by atoms with van der Waals surface area (Å²) in [5.41, 5.74) is 10.4. The van der Waals surface area contributed by atoms with Crippen LogP contribution in [0.5, 0.6) is 0 Å². The van der Waals surface area contributed by atoms with Crippen molar-refractivity contribution in [2.45, 2.75) is 33.1 Å². The highest BCUT2D eigenvalue weighted by atomic mass is 35.5. The molecule has 0 aliphatic rings. The number of rotatable bonds is 1. The number of nitrogens with two attached hydrogens (primary N) is 1. The van der Waals surface area contributed by atoms with Crippen molar-refractivity contribution in [1.82, 2.24) is 9.78 Å². The predicted molar refractivity (Wildman–Crippen MR) is 78.7 cm³/mol. The summed E-state index contributed by atoms with van der Waals surface area (Å²) < 4.78 is 1.84. The molecule has 4 heteroatoms. The fraction of sp³-hybridized carbons (Fsp3) is 0.357. The highest BCUT2D eigenvalue weighted by Crippen LogP contribution is 2.31. The molecule has 0 aliphatic heterocycles. The topological polar surface area (TPSA) is 43.8 Å². The van der Waals surface area contributed by atoms with Gasteiger partial charge in [-0.1, -0.05) is 20.8 Å². The largest absolute Gasteiger partial charge is 0.398 e. The Bertz CT molecular complexity index is 525. The Morgan fingerprint density at radius 3 is 2.39 bits per heavy atom. The molecular formula is C14H20ClN3. The maximum absolute atomic E-state index is 6.08. The van der Waals surface area contributed by atoms with Crippen molar-refractivity contribution >= 4 is 18.1 Å². The fourth-order valence-electron chi connectivity index (χ4n) is 2.05. The van der Waals surface area contributed by atoms with E-state index in [-0.39, 0.29) is 17.8 Å². The van der Waals surface area contributed by atoms with E-state index in [0.29, 0.717) is 0 Å². The molecule has 0 unspecified atom stereocenters.